The Hall–Kier alpha value is -0.490. The minimum absolute atomic E-state index is 0.486. The molecule has 0 heterocycles. The molecule has 0 amide bonds. The first kappa shape index (κ1) is 4.51. The Morgan fingerprint density at radius 3 is 2.60 bits per heavy atom. The van der Waals surface area contributed by atoms with Gasteiger partial charge in [-0.3, -0.25) is 4.79 Å². The van der Waals surface area contributed by atoms with Crippen molar-refractivity contribution in [3.8, 4) is 5.40 Å². The summed E-state index contributed by atoms with van der Waals surface area (Å²) < 4.78 is 0. The number of thioether (sulfide) groups is 1. The predicted molar refractivity (Wildman–Crippen MR) is 20.0 cm³/mol. The van der Waals surface area contributed by atoms with E-state index in [1.165, 1.54) is 0 Å². The average Bonchev–Trinajstić information content (AvgIpc) is 1.41. The summed E-state index contributed by atoms with van der Waals surface area (Å²) in [5, 5.41) is 9.11. The van der Waals surface area contributed by atoms with Gasteiger partial charge in [0.2, 0.25) is 0 Å². The van der Waals surface area contributed by atoms with Crippen LogP contribution in [-0.2, 0) is 4.79 Å². The van der Waals surface area contributed by atoms with Crippen LogP contribution in [0, 0.1) is 10.7 Å². The second-order valence-corrected chi connectivity index (χ2v) is 0.916. The van der Waals surface area contributed by atoms with Gasteiger partial charge in [-0.25, -0.2) is 0 Å². The average molecular weight is 87.1 g/mol. The normalized spacial score (nSPS) is 5.40. The summed E-state index contributed by atoms with van der Waals surface area (Å²) in [5.74, 6) is 0. The first-order valence-electron chi connectivity index (χ1n) is 0.899. The van der Waals surface area contributed by atoms with Crippen molar-refractivity contribution in [2.45, 2.75) is 0 Å². The van der Waals surface area contributed by atoms with Gasteiger partial charge in [0.25, 0.3) is 0 Å². The SMILES string of the molecule is N#CSC=O. The van der Waals surface area contributed by atoms with Crippen LogP contribution in [0.4, 0.5) is 0 Å². The molecule has 0 saturated heterocycles. The molecule has 2 nitrogen and oxygen atoms in total. The third-order valence-corrected chi connectivity index (χ3v) is 0.302. The second kappa shape index (κ2) is 3.51. The van der Waals surface area contributed by atoms with Gasteiger partial charge in [0.15, 0.2) is 5.62 Å². The van der Waals surface area contributed by atoms with E-state index >= 15 is 0 Å². The van der Waals surface area contributed by atoms with Gasteiger partial charge < -0.3 is 0 Å². The van der Waals surface area contributed by atoms with Crippen LogP contribution in [0.1, 0.15) is 0 Å². The molecule has 0 aliphatic carbocycles. The molecule has 26 valence electrons. The molecule has 0 bridgehead atoms. The highest BCUT2D eigenvalue weighted by atomic mass is 32.2. The van der Waals surface area contributed by atoms with Crippen LogP contribution in [-0.4, -0.2) is 5.62 Å². The molecule has 0 spiro atoms. The number of rotatable bonds is 1. The zero-order valence-corrected chi connectivity index (χ0v) is 3.16. The Morgan fingerprint density at radius 2 is 2.60 bits per heavy atom. The standard InChI is InChI=1S/C2HNOS/c3-1-5-2-4/h2H. The number of nitrogens with zero attached hydrogens (tertiary/aromatic N) is 1. The monoisotopic (exact) mass is 87.0 g/mol. The van der Waals surface area contributed by atoms with Crippen molar-refractivity contribution in [3.05, 3.63) is 0 Å². The minimum atomic E-state index is 0.486. The molecule has 5 heavy (non-hydrogen) atoms. The first-order chi connectivity index (χ1) is 2.41. The summed E-state index contributed by atoms with van der Waals surface area (Å²) >= 11 is 0.588. The Labute approximate surface area is 33.8 Å². The lowest BCUT2D eigenvalue weighted by atomic mass is 11.8. The molecule has 0 unspecified atom stereocenters. The Balaban J connectivity index is 2.75. The highest BCUT2D eigenvalue weighted by Crippen LogP contribution is 1.81. The summed E-state index contributed by atoms with van der Waals surface area (Å²) in [7, 11) is 0. The van der Waals surface area contributed by atoms with E-state index in [1.807, 2.05) is 0 Å². The zero-order valence-electron chi connectivity index (χ0n) is 2.34. The highest BCUT2D eigenvalue weighted by Gasteiger charge is 1.64. The maximum Gasteiger partial charge on any atom is 0.190 e. The smallest absolute Gasteiger partial charge is 0.190 e. The molecular weight excluding hydrogens is 86.1 g/mol. The van der Waals surface area contributed by atoms with Crippen molar-refractivity contribution in [1.29, 1.82) is 5.26 Å². The Bertz CT molecular complexity index is 64.5. The summed E-state index contributed by atoms with van der Waals surface area (Å²) in [6.45, 7) is 0. The van der Waals surface area contributed by atoms with Gasteiger partial charge in [0, 0.05) is 11.8 Å². The molecule has 3 heteroatoms. The van der Waals surface area contributed by atoms with Crippen molar-refractivity contribution < 1.29 is 4.79 Å². The molecule has 0 saturated carbocycles. The van der Waals surface area contributed by atoms with Crippen LogP contribution in [0.15, 0.2) is 0 Å². The minimum Gasteiger partial charge on any atom is -0.290 e. The van der Waals surface area contributed by atoms with Crippen molar-refractivity contribution in [3.63, 3.8) is 0 Å². The lowest BCUT2D eigenvalue weighted by Crippen LogP contribution is -1.44. The van der Waals surface area contributed by atoms with E-state index in [-0.39, 0.29) is 0 Å². The number of thiocyanates is 1. The van der Waals surface area contributed by atoms with Crippen molar-refractivity contribution in [1.82, 2.24) is 0 Å². The quantitative estimate of drug-likeness (QED) is 0.343. The molecule has 0 radical (unpaired) electrons. The van der Waals surface area contributed by atoms with Gasteiger partial charge in [-0.15, -0.1) is 0 Å². The van der Waals surface area contributed by atoms with E-state index in [1.54, 1.807) is 5.40 Å². The lowest BCUT2D eigenvalue weighted by molar-refractivity contribution is 0.570. The van der Waals surface area contributed by atoms with E-state index in [0.29, 0.717) is 17.4 Å². The lowest BCUT2D eigenvalue weighted by Gasteiger charge is -1.49. The maximum absolute atomic E-state index is 9.15. The van der Waals surface area contributed by atoms with E-state index in [9.17, 15) is 0 Å². The van der Waals surface area contributed by atoms with Crippen LogP contribution in [0.5, 0.6) is 0 Å². The van der Waals surface area contributed by atoms with E-state index < -0.39 is 0 Å². The number of hydrogen-bond acceptors (Lipinski definition) is 3. The van der Waals surface area contributed by atoms with Gasteiger partial charge in [0.1, 0.15) is 5.40 Å². The van der Waals surface area contributed by atoms with E-state index in [0.717, 1.165) is 0 Å². The second-order valence-electron chi connectivity index (χ2n) is 0.305. The molecule has 0 aromatic heterocycles. The Morgan fingerprint density at radius 1 is 2.00 bits per heavy atom. The van der Waals surface area contributed by atoms with Gasteiger partial charge in [-0.1, -0.05) is 0 Å². The fourth-order valence-corrected chi connectivity index (χ4v) is 0.0645. The summed E-state index contributed by atoms with van der Waals surface area (Å²) in [5.41, 5.74) is 0.486. The largest absolute Gasteiger partial charge is 0.290 e. The zero-order chi connectivity index (χ0) is 4.12. The number of carbonyl (C=O) groups excluding carboxylic acids is 1. The molecule has 0 fully saturated rings. The molecule has 0 aromatic carbocycles. The van der Waals surface area contributed by atoms with Crippen LogP contribution in [0.25, 0.3) is 0 Å². The van der Waals surface area contributed by atoms with Crippen molar-refractivity contribution >= 4 is 17.4 Å². The summed E-state index contributed by atoms with van der Waals surface area (Å²) in [6.07, 6.45) is 0. The molecule has 0 rings (SSSR count). The topological polar surface area (TPSA) is 40.9 Å². The molecule has 0 atom stereocenters. The fourth-order valence-electron chi connectivity index (χ4n) is 0.0215. The third-order valence-electron chi connectivity index (χ3n) is 0.101. The predicted octanol–water partition coefficient (Wildman–Crippen LogP) is 0.391. The third kappa shape index (κ3) is 3.51. The highest BCUT2D eigenvalue weighted by molar-refractivity contribution is 8.15. The van der Waals surface area contributed by atoms with Gasteiger partial charge >= 0.3 is 0 Å². The van der Waals surface area contributed by atoms with Gasteiger partial charge in [-0.05, 0) is 0 Å². The van der Waals surface area contributed by atoms with Gasteiger partial charge in [-0.2, -0.15) is 5.26 Å². The molecule has 0 N–H and O–H groups in total. The number of carbonyl (C=O) groups is 1. The number of hydrogen-bond donors (Lipinski definition) is 0. The van der Waals surface area contributed by atoms with Crippen LogP contribution >= 0.6 is 11.8 Å². The van der Waals surface area contributed by atoms with Crippen LogP contribution in [0.2, 0.25) is 0 Å². The first-order valence-corrected chi connectivity index (χ1v) is 1.78. The molecule has 0 aliphatic rings. The summed E-state index contributed by atoms with van der Waals surface area (Å²) in [6, 6.07) is 0. The van der Waals surface area contributed by atoms with Crippen molar-refractivity contribution in [2.75, 3.05) is 0 Å². The van der Waals surface area contributed by atoms with E-state index in [4.69, 9.17) is 10.1 Å². The molecule has 0 aliphatic heterocycles. The van der Waals surface area contributed by atoms with Crippen LogP contribution < -0.4 is 0 Å². The van der Waals surface area contributed by atoms with E-state index in [2.05, 4.69) is 0 Å². The maximum atomic E-state index is 9.15. The van der Waals surface area contributed by atoms with Gasteiger partial charge in [0.05, 0.1) is 0 Å². The van der Waals surface area contributed by atoms with Crippen LogP contribution in [0.3, 0.4) is 0 Å². The molecule has 0 aromatic rings. The van der Waals surface area contributed by atoms with Crippen molar-refractivity contribution in [2.24, 2.45) is 0 Å². The summed E-state index contributed by atoms with van der Waals surface area (Å²) in [4.78, 5) is 9.15. The molecular formula is C2HNOS. The number of nitriles is 1. The fraction of sp³-hybridized carbons (Fsp3) is 0. The Kier molecular flexibility index (Phi) is 3.17.